The molecule has 5 heteroatoms. The van der Waals surface area contributed by atoms with Crippen LogP contribution in [0.2, 0.25) is 0 Å². The fraction of sp³-hybridized carbons (Fsp3) is 0.667. The molecule has 0 aliphatic rings. The van der Waals surface area contributed by atoms with Gasteiger partial charge in [0.25, 0.3) is 0 Å². The molecule has 1 rings (SSSR count). The predicted octanol–water partition coefficient (Wildman–Crippen LogP) is 1.77. The summed E-state index contributed by atoms with van der Waals surface area (Å²) >= 11 is 0. The van der Waals surface area contributed by atoms with E-state index in [1.807, 2.05) is 32.7 Å². The maximum atomic E-state index is 5.51. The molecule has 0 spiro atoms. The molecule has 1 aromatic rings. The Bertz CT molecular complexity index is 330. The van der Waals surface area contributed by atoms with E-state index >= 15 is 0 Å². The molecule has 0 saturated heterocycles. The van der Waals surface area contributed by atoms with Crippen molar-refractivity contribution in [3.63, 3.8) is 0 Å². The van der Waals surface area contributed by atoms with Crippen LogP contribution < -0.4 is 10.2 Å². The standard InChI is InChI=1S/C12H22N4O/c1-5-14-11-8-13-9-12(15-11)16(4)6-7-17-10(2)3/h8-10H,5-7H2,1-4H3,(H,14,15). The summed E-state index contributed by atoms with van der Waals surface area (Å²) in [4.78, 5) is 10.7. The molecule has 0 aromatic carbocycles. The zero-order valence-corrected chi connectivity index (χ0v) is 11.1. The lowest BCUT2D eigenvalue weighted by Gasteiger charge is -2.19. The molecule has 0 radical (unpaired) electrons. The van der Waals surface area contributed by atoms with Crippen molar-refractivity contribution in [2.24, 2.45) is 0 Å². The van der Waals surface area contributed by atoms with Gasteiger partial charge < -0.3 is 15.0 Å². The molecule has 1 heterocycles. The summed E-state index contributed by atoms with van der Waals surface area (Å²) in [6.07, 6.45) is 3.75. The van der Waals surface area contributed by atoms with Crippen molar-refractivity contribution in [2.45, 2.75) is 26.9 Å². The Morgan fingerprint density at radius 2 is 2.18 bits per heavy atom. The molecule has 17 heavy (non-hydrogen) atoms. The van der Waals surface area contributed by atoms with Gasteiger partial charge in [0.15, 0.2) is 0 Å². The predicted molar refractivity (Wildman–Crippen MR) is 70.6 cm³/mol. The lowest BCUT2D eigenvalue weighted by molar-refractivity contribution is 0.0845. The molecule has 0 amide bonds. The van der Waals surface area contributed by atoms with Gasteiger partial charge in [0, 0.05) is 20.1 Å². The maximum absolute atomic E-state index is 5.51. The average molecular weight is 238 g/mol. The summed E-state index contributed by atoms with van der Waals surface area (Å²) in [6, 6.07) is 0. The minimum Gasteiger partial charge on any atom is -0.377 e. The van der Waals surface area contributed by atoms with Crippen LogP contribution in [0.5, 0.6) is 0 Å². The Hall–Kier alpha value is -1.36. The second kappa shape index (κ2) is 7.06. The lowest BCUT2D eigenvalue weighted by Crippen LogP contribution is -2.25. The van der Waals surface area contributed by atoms with Gasteiger partial charge in [0.1, 0.15) is 11.6 Å². The fourth-order valence-corrected chi connectivity index (χ4v) is 1.35. The SMILES string of the molecule is CCNc1cncc(N(C)CCOC(C)C)n1. The molecule has 0 aliphatic heterocycles. The third kappa shape index (κ3) is 4.99. The van der Waals surface area contributed by atoms with Crippen LogP contribution in [-0.2, 0) is 4.74 Å². The van der Waals surface area contributed by atoms with Gasteiger partial charge in [0.05, 0.1) is 25.1 Å². The third-order valence-electron chi connectivity index (χ3n) is 2.25. The van der Waals surface area contributed by atoms with Crippen LogP contribution >= 0.6 is 0 Å². The van der Waals surface area contributed by atoms with E-state index in [2.05, 4.69) is 15.3 Å². The van der Waals surface area contributed by atoms with Gasteiger partial charge in [-0.3, -0.25) is 4.98 Å². The van der Waals surface area contributed by atoms with Crippen LogP contribution in [0.15, 0.2) is 12.4 Å². The summed E-state index contributed by atoms with van der Waals surface area (Å²) in [7, 11) is 1.99. The van der Waals surface area contributed by atoms with Crippen molar-refractivity contribution in [3.05, 3.63) is 12.4 Å². The van der Waals surface area contributed by atoms with Crippen LogP contribution in [0.25, 0.3) is 0 Å². The number of hydrogen-bond acceptors (Lipinski definition) is 5. The zero-order chi connectivity index (χ0) is 12.7. The van der Waals surface area contributed by atoms with E-state index in [0.717, 1.165) is 24.7 Å². The van der Waals surface area contributed by atoms with E-state index in [0.29, 0.717) is 6.61 Å². The minimum atomic E-state index is 0.266. The van der Waals surface area contributed by atoms with Crippen molar-refractivity contribution < 1.29 is 4.74 Å². The first kappa shape index (κ1) is 13.7. The van der Waals surface area contributed by atoms with Gasteiger partial charge in [0.2, 0.25) is 0 Å². The number of aromatic nitrogens is 2. The van der Waals surface area contributed by atoms with Crippen LogP contribution in [-0.4, -0.2) is 42.8 Å². The summed E-state index contributed by atoms with van der Waals surface area (Å²) in [5, 5.41) is 3.15. The first-order valence-corrected chi connectivity index (χ1v) is 6.02. The summed E-state index contributed by atoms with van der Waals surface area (Å²) in [5.41, 5.74) is 0. The second-order valence-electron chi connectivity index (χ2n) is 4.13. The second-order valence-corrected chi connectivity index (χ2v) is 4.13. The Kier molecular flexibility index (Phi) is 5.69. The van der Waals surface area contributed by atoms with Crippen LogP contribution in [0.4, 0.5) is 11.6 Å². The highest BCUT2D eigenvalue weighted by Gasteiger charge is 2.04. The van der Waals surface area contributed by atoms with E-state index in [4.69, 9.17) is 4.74 Å². The molecule has 96 valence electrons. The molecule has 0 unspecified atom stereocenters. The van der Waals surface area contributed by atoms with Crippen molar-refractivity contribution in [1.82, 2.24) is 9.97 Å². The average Bonchev–Trinajstić information content (AvgIpc) is 2.29. The molecule has 0 fully saturated rings. The first-order valence-electron chi connectivity index (χ1n) is 6.02. The Morgan fingerprint density at radius 3 is 2.82 bits per heavy atom. The Balaban J connectivity index is 2.50. The number of nitrogens with one attached hydrogen (secondary N) is 1. The Morgan fingerprint density at radius 1 is 1.41 bits per heavy atom. The van der Waals surface area contributed by atoms with Gasteiger partial charge in [-0.2, -0.15) is 0 Å². The van der Waals surface area contributed by atoms with Gasteiger partial charge in [-0.05, 0) is 20.8 Å². The molecule has 0 aliphatic carbocycles. The van der Waals surface area contributed by atoms with Gasteiger partial charge in [-0.1, -0.05) is 0 Å². The van der Waals surface area contributed by atoms with Gasteiger partial charge in [-0.15, -0.1) is 0 Å². The zero-order valence-electron chi connectivity index (χ0n) is 11.1. The van der Waals surface area contributed by atoms with Crippen molar-refractivity contribution in [1.29, 1.82) is 0 Å². The quantitative estimate of drug-likeness (QED) is 0.784. The monoisotopic (exact) mass is 238 g/mol. The van der Waals surface area contributed by atoms with Crippen LogP contribution in [0.3, 0.4) is 0 Å². The fourth-order valence-electron chi connectivity index (χ4n) is 1.35. The van der Waals surface area contributed by atoms with Crippen LogP contribution in [0.1, 0.15) is 20.8 Å². The Labute approximate surface area is 103 Å². The van der Waals surface area contributed by atoms with E-state index < -0.39 is 0 Å². The highest BCUT2D eigenvalue weighted by Crippen LogP contribution is 2.10. The normalized spacial score (nSPS) is 10.6. The molecule has 0 bridgehead atoms. The minimum absolute atomic E-state index is 0.266. The number of rotatable bonds is 7. The summed E-state index contributed by atoms with van der Waals surface area (Å²) in [6.45, 7) is 8.45. The molecule has 5 nitrogen and oxygen atoms in total. The van der Waals surface area contributed by atoms with Crippen molar-refractivity contribution in [3.8, 4) is 0 Å². The van der Waals surface area contributed by atoms with Crippen molar-refractivity contribution >= 4 is 11.6 Å². The van der Waals surface area contributed by atoms with E-state index in [-0.39, 0.29) is 6.10 Å². The highest BCUT2D eigenvalue weighted by molar-refractivity contribution is 5.42. The summed E-state index contributed by atoms with van der Waals surface area (Å²) in [5.74, 6) is 1.66. The largest absolute Gasteiger partial charge is 0.377 e. The smallest absolute Gasteiger partial charge is 0.149 e. The topological polar surface area (TPSA) is 50.3 Å². The highest BCUT2D eigenvalue weighted by atomic mass is 16.5. The number of ether oxygens (including phenoxy) is 1. The molecule has 0 saturated carbocycles. The summed E-state index contributed by atoms with van der Waals surface area (Å²) < 4.78 is 5.51. The van der Waals surface area contributed by atoms with Crippen LogP contribution in [0, 0.1) is 0 Å². The number of likely N-dealkylation sites (N-methyl/N-ethyl adjacent to an activating group) is 1. The molecule has 0 atom stereocenters. The first-order chi connectivity index (χ1) is 8.13. The maximum Gasteiger partial charge on any atom is 0.149 e. The molecular weight excluding hydrogens is 216 g/mol. The van der Waals surface area contributed by atoms with Crippen molar-refractivity contribution in [2.75, 3.05) is 37.0 Å². The number of anilines is 2. The molecule has 1 aromatic heterocycles. The third-order valence-corrected chi connectivity index (χ3v) is 2.25. The molecule has 1 N–H and O–H groups in total. The van der Waals surface area contributed by atoms with Gasteiger partial charge in [-0.25, -0.2) is 4.98 Å². The lowest BCUT2D eigenvalue weighted by atomic mass is 10.4. The van der Waals surface area contributed by atoms with E-state index in [9.17, 15) is 0 Å². The van der Waals surface area contributed by atoms with E-state index in [1.54, 1.807) is 12.4 Å². The molecular formula is C12H22N4O. The van der Waals surface area contributed by atoms with Gasteiger partial charge >= 0.3 is 0 Å². The van der Waals surface area contributed by atoms with E-state index in [1.165, 1.54) is 0 Å². The number of nitrogens with zero attached hydrogens (tertiary/aromatic N) is 3. The number of hydrogen-bond donors (Lipinski definition) is 1.